The molecule has 2 aromatic heterocycles. The van der Waals surface area contributed by atoms with Crippen molar-refractivity contribution in [3.63, 3.8) is 0 Å². The topological polar surface area (TPSA) is 120 Å². The van der Waals surface area contributed by atoms with Crippen molar-refractivity contribution in [3.8, 4) is 21.8 Å². The Bertz CT molecular complexity index is 2050. The van der Waals surface area contributed by atoms with Gasteiger partial charge in [-0.2, -0.15) is 13.2 Å². The maximum atomic E-state index is 15.0. The van der Waals surface area contributed by atoms with Crippen molar-refractivity contribution in [2.45, 2.75) is 45.2 Å². The number of halogens is 6. The molecule has 1 fully saturated rings. The maximum Gasteiger partial charge on any atom is 0.490 e. The van der Waals surface area contributed by atoms with Crippen molar-refractivity contribution in [3.05, 3.63) is 107 Å². The Morgan fingerprint density at radius 1 is 0.887 bits per heavy atom. The third kappa shape index (κ3) is 10.4. The van der Waals surface area contributed by atoms with E-state index < -0.39 is 35.3 Å². The van der Waals surface area contributed by atoms with Crippen molar-refractivity contribution >= 4 is 40.5 Å². The van der Waals surface area contributed by atoms with Gasteiger partial charge in [-0.3, -0.25) is 4.79 Å². The molecule has 1 saturated heterocycles. The van der Waals surface area contributed by atoms with Gasteiger partial charge in [-0.25, -0.2) is 32.9 Å². The minimum Gasteiger partial charge on any atom is -0.475 e. The Balaban J connectivity index is 0.000000705. The summed E-state index contributed by atoms with van der Waals surface area (Å²) >= 11 is 1.51. The van der Waals surface area contributed by atoms with E-state index in [9.17, 15) is 31.1 Å². The van der Waals surface area contributed by atoms with Crippen LogP contribution < -0.4 is 10.6 Å². The fourth-order valence-electron chi connectivity index (χ4n) is 5.49. The van der Waals surface area contributed by atoms with Crippen LogP contribution in [0.15, 0.2) is 72.9 Å². The van der Waals surface area contributed by atoms with Crippen molar-refractivity contribution < 1.29 is 41.0 Å². The predicted octanol–water partition coefficient (Wildman–Crippen LogP) is 8.90. The summed E-state index contributed by atoms with van der Waals surface area (Å²) in [7, 11) is 0. The van der Waals surface area contributed by atoms with Crippen LogP contribution in [0.1, 0.15) is 47.1 Å². The molecule has 3 N–H and O–H groups in total. The highest BCUT2D eigenvalue weighted by Gasteiger charge is 2.38. The van der Waals surface area contributed by atoms with E-state index in [1.54, 1.807) is 30.5 Å². The lowest BCUT2D eigenvalue weighted by Gasteiger charge is -2.15. The van der Waals surface area contributed by atoms with E-state index in [2.05, 4.69) is 27.4 Å². The van der Waals surface area contributed by atoms with Gasteiger partial charge >= 0.3 is 12.1 Å². The monoisotopic (exact) mass is 756 g/mol. The van der Waals surface area contributed by atoms with Gasteiger partial charge in [-0.1, -0.05) is 31.2 Å². The molecule has 16 heteroatoms. The Morgan fingerprint density at radius 3 is 2.25 bits per heavy atom. The quantitative estimate of drug-likeness (QED) is 0.114. The standard InChI is InChI=1S/C35H33F3N6OS.C2HF3O2/c1-2-7-30-43-32(23-8-5-9-24(20-23)40-34(45)31-26(36)10-6-11-27(31)37)33(46-30)29-14-16-39-35(42-29)41-25-13-12-22(28(38)21-25)15-19-44-17-3-4-18-44;3-2(4,5)1(6)7/h5-6,8-14,16,20-21H,2-4,7,15,17-19H2,1H3,(H,40,45)(H,39,41,42);(H,6,7). The fraction of sp³-hybridized carbons (Fsp3) is 0.270. The number of likely N-dealkylation sites (tertiary alicyclic amines) is 1. The molecule has 3 heterocycles. The van der Waals surface area contributed by atoms with Crippen LogP contribution in [-0.4, -0.2) is 62.6 Å². The van der Waals surface area contributed by atoms with Crippen molar-refractivity contribution in [1.29, 1.82) is 0 Å². The van der Waals surface area contributed by atoms with Crippen LogP contribution >= 0.6 is 11.3 Å². The number of hydrogen-bond acceptors (Lipinski definition) is 8. The van der Waals surface area contributed by atoms with Gasteiger partial charge in [0.25, 0.3) is 5.91 Å². The maximum absolute atomic E-state index is 15.0. The largest absolute Gasteiger partial charge is 0.490 e. The molecule has 278 valence electrons. The number of thiazole rings is 1. The smallest absolute Gasteiger partial charge is 0.475 e. The van der Waals surface area contributed by atoms with Gasteiger partial charge in [0.1, 0.15) is 23.0 Å². The highest BCUT2D eigenvalue weighted by molar-refractivity contribution is 7.15. The first-order valence-corrected chi connectivity index (χ1v) is 17.4. The van der Waals surface area contributed by atoms with E-state index in [-0.39, 0.29) is 5.82 Å². The molecule has 3 aromatic carbocycles. The Morgan fingerprint density at radius 2 is 1.58 bits per heavy atom. The summed E-state index contributed by atoms with van der Waals surface area (Å²) in [5, 5.41) is 13.8. The molecule has 6 rings (SSSR count). The Hall–Kier alpha value is -5.35. The zero-order chi connectivity index (χ0) is 38.1. The number of carboxylic acids is 1. The number of carboxylic acid groups (broad SMARTS) is 1. The molecule has 0 bridgehead atoms. The summed E-state index contributed by atoms with van der Waals surface area (Å²) < 4.78 is 75.1. The SMILES string of the molecule is CCCc1nc(-c2cccc(NC(=O)c3c(F)cccc3F)c2)c(-c2ccnc(Nc3ccc(CCN4CCCC4)c(F)c3)n2)s1.O=C(O)C(F)(F)F. The molecule has 0 unspecified atom stereocenters. The van der Waals surface area contributed by atoms with Crippen LogP contribution in [0.3, 0.4) is 0 Å². The molecular weight excluding hydrogens is 723 g/mol. The lowest BCUT2D eigenvalue weighted by Crippen LogP contribution is -2.22. The average molecular weight is 757 g/mol. The van der Waals surface area contributed by atoms with E-state index in [1.165, 1.54) is 36.3 Å². The number of aromatic nitrogens is 3. The molecule has 0 aliphatic carbocycles. The van der Waals surface area contributed by atoms with Crippen LogP contribution in [0.25, 0.3) is 21.8 Å². The number of carbonyl (C=O) groups excluding carboxylic acids is 1. The molecule has 5 aromatic rings. The van der Waals surface area contributed by atoms with Crippen LogP contribution in [0.2, 0.25) is 0 Å². The number of anilines is 3. The molecule has 0 spiro atoms. The van der Waals surface area contributed by atoms with Crippen LogP contribution in [0.4, 0.5) is 43.7 Å². The van der Waals surface area contributed by atoms with Crippen LogP contribution in [0, 0.1) is 17.5 Å². The molecule has 53 heavy (non-hydrogen) atoms. The summed E-state index contributed by atoms with van der Waals surface area (Å²) in [5.74, 6) is -5.48. The van der Waals surface area contributed by atoms with E-state index in [0.29, 0.717) is 46.3 Å². The first-order valence-electron chi connectivity index (χ1n) is 16.6. The number of alkyl halides is 3. The van der Waals surface area contributed by atoms with E-state index >= 15 is 0 Å². The van der Waals surface area contributed by atoms with Crippen LogP contribution in [-0.2, 0) is 17.6 Å². The molecule has 9 nitrogen and oxygen atoms in total. The van der Waals surface area contributed by atoms with Gasteiger partial charge in [0.05, 0.1) is 21.3 Å². The average Bonchev–Trinajstić information content (AvgIpc) is 3.79. The number of aryl methyl sites for hydroxylation is 1. The minimum atomic E-state index is -5.08. The van der Waals surface area contributed by atoms with Crippen molar-refractivity contribution in [1.82, 2.24) is 19.9 Å². The van der Waals surface area contributed by atoms with Gasteiger partial charge in [-0.15, -0.1) is 11.3 Å². The fourth-order valence-corrected chi connectivity index (χ4v) is 6.65. The van der Waals surface area contributed by atoms with Gasteiger partial charge in [0.15, 0.2) is 0 Å². The molecular formula is C37H34F6N6O3S. The lowest BCUT2D eigenvalue weighted by atomic mass is 10.1. The van der Waals surface area contributed by atoms with Crippen LogP contribution in [0.5, 0.6) is 0 Å². The highest BCUT2D eigenvalue weighted by atomic mass is 32.1. The van der Waals surface area contributed by atoms with Crippen molar-refractivity contribution in [2.24, 2.45) is 0 Å². The first-order chi connectivity index (χ1) is 25.3. The molecule has 0 radical (unpaired) electrons. The number of aliphatic carboxylic acids is 1. The summed E-state index contributed by atoms with van der Waals surface area (Å²) in [6.07, 6.45) is 1.28. The number of nitrogens with one attached hydrogen (secondary N) is 2. The number of hydrogen-bond donors (Lipinski definition) is 3. The number of carbonyl (C=O) groups is 2. The summed E-state index contributed by atoms with van der Waals surface area (Å²) in [6, 6.07) is 17.1. The number of rotatable bonds is 11. The van der Waals surface area contributed by atoms with Gasteiger partial charge in [0.2, 0.25) is 5.95 Å². The number of amides is 1. The zero-order valence-corrected chi connectivity index (χ0v) is 29.1. The molecule has 1 amide bonds. The summed E-state index contributed by atoms with van der Waals surface area (Å²) in [4.78, 5) is 38.8. The number of nitrogens with zero attached hydrogens (tertiary/aromatic N) is 4. The van der Waals surface area contributed by atoms with E-state index in [0.717, 1.165) is 54.5 Å². The first kappa shape index (κ1) is 38.9. The predicted molar refractivity (Wildman–Crippen MR) is 190 cm³/mol. The second kappa shape index (κ2) is 17.4. The number of benzene rings is 3. The summed E-state index contributed by atoms with van der Waals surface area (Å²) in [6.45, 7) is 5.08. The molecule has 0 saturated carbocycles. The third-order valence-corrected chi connectivity index (χ3v) is 9.19. The molecule has 1 aliphatic heterocycles. The van der Waals surface area contributed by atoms with Gasteiger partial charge < -0.3 is 20.6 Å². The van der Waals surface area contributed by atoms with Gasteiger partial charge in [-0.05, 0) is 93.2 Å². The van der Waals surface area contributed by atoms with Crippen molar-refractivity contribution in [2.75, 3.05) is 30.3 Å². The third-order valence-electron chi connectivity index (χ3n) is 8.05. The Labute approximate surface area is 304 Å². The molecule has 0 atom stereocenters. The van der Waals surface area contributed by atoms with Gasteiger partial charge in [0, 0.05) is 29.7 Å². The lowest BCUT2D eigenvalue weighted by molar-refractivity contribution is -0.192. The minimum absolute atomic E-state index is 0.265. The van der Waals surface area contributed by atoms with E-state index in [1.807, 2.05) is 18.2 Å². The van der Waals surface area contributed by atoms with E-state index in [4.69, 9.17) is 19.9 Å². The summed E-state index contributed by atoms with van der Waals surface area (Å²) in [5.41, 5.74) is 2.91. The highest BCUT2D eigenvalue weighted by Crippen LogP contribution is 2.38. The Kier molecular flexibility index (Phi) is 12.8. The second-order valence-electron chi connectivity index (χ2n) is 12.0. The second-order valence-corrected chi connectivity index (χ2v) is 13.0. The zero-order valence-electron chi connectivity index (χ0n) is 28.3. The normalized spacial score (nSPS) is 13.0. The molecule has 1 aliphatic rings.